The van der Waals surface area contributed by atoms with Gasteiger partial charge < -0.3 is 20.3 Å². The zero-order valence-corrected chi connectivity index (χ0v) is 21.1. The SMILES string of the molecule is CN=C(NCc1ccc(N2CC=CC2)cc1)NCC1(N2CCOCC2)CCCCC1.I. The zero-order valence-electron chi connectivity index (χ0n) is 18.8. The van der Waals surface area contributed by atoms with Crippen LogP contribution in [0.4, 0.5) is 5.69 Å². The zero-order chi connectivity index (χ0) is 20.7. The van der Waals surface area contributed by atoms with Crippen molar-refractivity contribution in [2.45, 2.75) is 44.2 Å². The predicted molar refractivity (Wildman–Crippen MR) is 140 cm³/mol. The highest BCUT2D eigenvalue weighted by Gasteiger charge is 2.38. The Morgan fingerprint density at radius 3 is 2.32 bits per heavy atom. The summed E-state index contributed by atoms with van der Waals surface area (Å²) < 4.78 is 5.61. The van der Waals surface area contributed by atoms with E-state index in [1.807, 2.05) is 7.05 Å². The van der Waals surface area contributed by atoms with Crippen LogP contribution in [0, 0.1) is 0 Å². The third-order valence-electron chi connectivity index (χ3n) is 6.85. The molecule has 0 radical (unpaired) electrons. The molecule has 2 heterocycles. The highest BCUT2D eigenvalue weighted by Crippen LogP contribution is 2.33. The van der Waals surface area contributed by atoms with Crippen LogP contribution >= 0.6 is 24.0 Å². The number of hydrogen-bond donors (Lipinski definition) is 2. The van der Waals surface area contributed by atoms with E-state index in [0.717, 1.165) is 58.4 Å². The van der Waals surface area contributed by atoms with Crippen LogP contribution in [0.15, 0.2) is 41.4 Å². The van der Waals surface area contributed by atoms with Crippen LogP contribution in [0.5, 0.6) is 0 Å². The van der Waals surface area contributed by atoms with E-state index in [2.05, 4.69) is 61.8 Å². The number of rotatable bonds is 6. The molecule has 2 aliphatic heterocycles. The van der Waals surface area contributed by atoms with Crippen LogP contribution in [0.25, 0.3) is 0 Å². The summed E-state index contributed by atoms with van der Waals surface area (Å²) in [4.78, 5) is 9.52. The second-order valence-corrected chi connectivity index (χ2v) is 8.71. The molecule has 31 heavy (non-hydrogen) atoms. The molecule has 3 aliphatic rings. The van der Waals surface area contributed by atoms with Gasteiger partial charge in [0.05, 0.1) is 13.2 Å². The topological polar surface area (TPSA) is 52.1 Å². The van der Waals surface area contributed by atoms with Crippen LogP contribution in [0.3, 0.4) is 0 Å². The Hall–Kier alpha value is -1.32. The normalized spacial score (nSPS) is 21.6. The van der Waals surface area contributed by atoms with Gasteiger partial charge in [0.15, 0.2) is 5.96 Å². The van der Waals surface area contributed by atoms with Crippen molar-refractivity contribution in [1.82, 2.24) is 15.5 Å². The van der Waals surface area contributed by atoms with Crippen molar-refractivity contribution in [3.8, 4) is 0 Å². The van der Waals surface area contributed by atoms with Gasteiger partial charge >= 0.3 is 0 Å². The van der Waals surface area contributed by atoms with E-state index in [4.69, 9.17) is 4.74 Å². The van der Waals surface area contributed by atoms with Crippen molar-refractivity contribution in [2.24, 2.45) is 4.99 Å². The first-order chi connectivity index (χ1) is 14.8. The van der Waals surface area contributed by atoms with E-state index >= 15 is 0 Å². The van der Waals surface area contributed by atoms with Gasteiger partial charge in [-0.25, -0.2) is 0 Å². The molecule has 0 bridgehead atoms. The summed E-state index contributed by atoms with van der Waals surface area (Å²) >= 11 is 0. The largest absolute Gasteiger partial charge is 0.379 e. The maximum atomic E-state index is 5.61. The fraction of sp³-hybridized carbons (Fsp3) is 0.625. The number of morpholine rings is 1. The van der Waals surface area contributed by atoms with Crippen LogP contribution in [-0.4, -0.2) is 69.4 Å². The van der Waals surface area contributed by atoms with Gasteiger partial charge in [0, 0.05) is 57.5 Å². The average Bonchev–Trinajstić information content (AvgIpc) is 3.36. The van der Waals surface area contributed by atoms with Crippen molar-refractivity contribution in [1.29, 1.82) is 0 Å². The first kappa shape index (κ1) is 24.3. The second kappa shape index (κ2) is 12.1. The summed E-state index contributed by atoms with van der Waals surface area (Å²) in [5, 5.41) is 7.15. The molecule has 7 heteroatoms. The lowest BCUT2D eigenvalue weighted by atomic mass is 9.80. The molecule has 1 saturated heterocycles. The minimum atomic E-state index is 0. The third-order valence-corrected chi connectivity index (χ3v) is 6.85. The standard InChI is InChI=1S/C24H37N5O.HI/c1-25-23(26-19-21-7-9-22(10-8-21)28-13-5-6-14-28)27-20-24(11-3-2-4-12-24)29-15-17-30-18-16-29;/h5-10H,2-4,11-20H2,1H3,(H2,25,26,27);1H. The molecule has 0 aromatic heterocycles. The predicted octanol–water partition coefficient (Wildman–Crippen LogP) is 3.38. The quantitative estimate of drug-likeness (QED) is 0.251. The van der Waals surface area contributed by atoms with Crippen molar-refractivity contribution in [3.05, 3.63) is 42.0 Å². The molecule has 0 amide bonds. The Kier molecular flexibility index (Phi) is 9.47. The molecule has 2 fully saturated rings. The van der Waals surface area contributed by atoms with Gasteiger partial charge in [-0.1, -0.05) is 43.5 Å². The highest BCUT2D eigenvalue weighted by atomic mass is 127. The lowest BCUT2D eigenvalue weighted by Gasteiger charge is -2.48. The van der Waals surface area contributed by atoms with E-state index in [1.54, 1.807) is 0 Å². The van der Waals surface area contributed by atoms with E-state index < -0.39 is 0 Å². The Morgan fingerprint density at radius 2 is 1.68 bits per heavy atom. The van der Waals surface area contributed by atoms with Crippen molar-refractivity contribution < 1.29 is 4.74 Å². The molecule has 1 aliphatic carbocycles. The van der Waals surface area contributed by atoms with Crippen LogP contribution < -0.4 is 15.5 Å². The smallest absolute Gasteiger partial charge is 0.191 e. The maximum Gasteiger partial charge on any atom is 0.191 e. The summed E-state index contributed by atoms with van der Waals surface area (Å²) in [6.07, 6.45) is 11.0. The lowest BCUT2D eigenvalue weighted by Crippen LogP contribution is -2.60. The summed E-state index contributed by atoms with van der Waals surface area (Å²) in [6, 6.07) is 8.86. The summed E-state index contributed by atoms with van der Waals surface area (Å²) in [6.45, 7) is 7.57. The number of anilines is 1. The molecule has 1 aromatic carbocycles. The Morgan fingerprint density at radius 1 is 1.00 bits per heavy atom. The first-order valence-corrected chi connectivity index (χ1v) is 11.6. The van der Waals surface area contributed by atoms with E-state index in [9.17, 15) is 0 Å². The molecule has 6 nitrogen and oxygen atoms in total. The highest BCUT2D eigenvalue weighted by molar-refractivity contribution is 14.0. The van der Waals surface area contributed by atoms with Gasteiger partial charge in [0.2, 0.25) is 0 Å². The van der Waals surface area contributed by atoms with Gasteiger partial charge in [-0.05, 0) is 30.5 Å². The third kappa shape index (κ3) is 6.35. The van der Waals surface area contributed by atoms with Crippen molar-refractivity contribution in [2.75, 3.05) is 57.9 Å². The van der Waals surface area contributed by atoms with Gasteiger partial charge in [-0.2, -0.15) is 0 Å². The number of hydrogen-bond acceptors (Lipinski definition) is 4. The summed E-state index contributed by atoms with van der Waals surface area (Å²) in [5.74, 6) is 0.890. The number of nitrogens with zero attached hydrogens (tertiary/aromatic N) is 3. The van der Waals surface area contributed by atoms with Gasteiger partial charge in [-0.15, -0.1) is 24.0 Å². The molecule has 0 spiro atoms. The Labute approximate surface area is 204 Å². The molecule has 2 N–H and O–H groups in total. The molecule has 4 rings (SSSR count). The van der Waals surface area contributed by atoms with E-state index in [-0.39, 0.29) is 29.5 Å². The number of halogens is 1. The number of nitrogens with one attached hydrogen (secondary N) is 2. The molecule has 1 aromatic rings. The minimum absolute atomic E-state index is 0. The fourth-order valence-electron chi connectivity index (χ4n) is 5.02. The molecule has 1 saturated carbocycles. The van der Waals surface area contributed by atoms with Crippen LogP contribution in [-0.2, 0) is 11.3 Å². The maximum absolute atomic E-state index is 5.61. The monoisotopic (exact) mass is 539 g/mol. The molecular formula is C24H38IN5O. The molecule has 0 unspecified atom stereocenters. The molecule has 0 atom stereocenters. The fourth-order valence-corrected chi connectivity index (χ4v) is 5.02. The Bertz CT molecular complexity index is 716. The molecule has 172 valence electrons. The number of aliphatic imine (C=N–C) groups is 1. The Balaban J connectivity index is 0.00000272. The molecular weight excluding hydrogens is 501 g/mol. The van der Waals surface area contributed by atoms with Gasteiger partial charge in [0.1, 0.15) is 0 Å². The van der Waals surface area contributed by atoms with Crippen LogP contribution in [0.2, 0.25) is 0 Å². The van der Waals surface area contributed by atoms with Crippen molar-refractivity contribution in [3.63, 3.8) is 0 Å². The summed E-state index contributed by atoms with van der Waals surface area (Å²) in [7, 11) is 1.86. The number of guanidine groups is 1. The summed E-state index contributed by atoms with van der Waals surface area (Å²) in [5.41, 5.74) is 2.80. The first-order valence-electron chi connectivity index (χ1n) is 11.6. The van der Waals surface area contributed by atoms with E-state index in [0.29, 0.717) is 0 Å². The van der Waals surface area contributed by atoms with Gasteiger partial charge in [-0.3, -0.25) is 9.89 Å². The average molecular weight is 540 g/mol. The number of benzene rings is 1. The van der Waals surface area contributed by atoms with Crippen LogP contribution in [0.1, 0.15) is 37.7 Å². The minimum Gasteiger partial charge on any atom is -0.379 e. The second-order valence-electron chi connectivity index (χ2n) is 8.71. The van der Waals surface area contributed by atoms with Gasteiger partial charge in [0.25, 0.3) is 0 Å². The number of ether oxygens (including phenoxy) is 1. The lowest BCUT2D eigenvalue weighted by molar-refractivity contribution is -0.0352. The van der Waals surface area contributed by atoms with E-state index in [1.165, 1.54) is 43.4 Å². The van der Waals surface area contributed by atoms with Crippen molar-refractivity contribution >= 4 is 35.6 Å².